The summed E-state index contributed by atoms with van der Waals surface area (Å²) in [7, 11) is -3.79. The summed E-state index contributed by atoms with van der Waals surface area (Å²) in [6, 6.07) is 7.60. The van der Waals surface area contributed by atoms with E-state index >= 15 is 0 Å². The maximum atomic E-state index is 12.4. The van der Waals surface area contributed by atoms with Crippen LogP contribution in [-0.4, -0.2) is 22.8 Å². The number of hydrogen-bond donors (Lipinski definition) is 2. The van der Waals surface area contributed by atoms with Gasteiger partial charge in [-0.3, -0.25) is 4.98 Å². The van der Waals surface area contributed by atoms with Gasteiger partial charge in [-0.25, -0.2) is 22.9 Å². The number of imidazole rings is 1. The minimum Gasteiger partial charge on any atom is -0.408 e. The molecule has 8 nitrogen and oxygen atoms in total. The molecule has 128 valence electrons. The van der Waals surface area contributed by atoms with Gasteiger partial charge in [0.05, 0.1) is 27.7 Å². The zero-order valence-corrected chi connectivity index (χ0v) is 14.1. The molecule has 1 aromatic carbocycles. The van der Waals surface area contributed by atoms with Crippen LogP contribution in [0.4, 0.5) is 0 Å². The Balaban J connectivity index is 1.59. The third-order valence-electron chi connectivity index (χ3n) is 3.61. The van der Waals surface area contributed by atoms with Crippen LogP contribution in [-0.2, 0) is 16.6 Å². The topological polar surface area (TPSA) is 109 Å². The summed E-state index contributed by atoms with van der Waals surface area (Å²) in [6.45, 7) is 0.0107. The van der Waals surface area contributed by atoms with Gasteiger partial charge < -0.3 is 8.82 Å². The van der Waals surface area contributed by atoms with Gasteiger partial charge in [0.2, 0.25) is 10.0 Å². The molecule has 0 bridgehead atoms. The van der Waals surface area contributed by atoms with Crippen molar-refractivity contribution in [2.45, 2.75) is 11.4 Å². The molecule has 0 amide bonds. The molecule has 10 heteroatoms. The van der Waals surface area contributed by atoms with Gasteiger partial charge in [0.25, 0.3) is 0 Å². The predicted octanol–water partition coefficient (Wildman–Crippen LogP) is 1.90. The molecule has 0 saturated heterocycles. The average molecular weight is 379 g/mol. The van der Waals surface area contributed by atoms with Gasteiger partial charge in [0, 0.05) is 18.5 Å². The molecule has 25 heavy (non-hydrogen) atoms. The molecule has 0 fully saturated rings. The number of rotatable bonds is 4. The summed E-state index contributed by atoms with van der Waals surface area (Å²) in [6.07, 6.45) is 3.38. The van der Waals surface area contributed by atoms with Gasteiger partial charge in [-0.2, -0.15) is 0 Å². The van der Waals surface area contributed by atoms with Crippen molar-refractivity contribution in [3.05, 3.63) is 64.0 Å². The van der Waals surface area contributed by atoms with Crippen molar-refractivity contribution in [3.8, 4) is 0 Å². The lowest BCUT2D eigenvalue weighted by atomic mass is 10.3. The molecule has 3 aromatic heterocycles. The van der Waals surface area contributed by atoms with Crippen molar-refractivity contribution in [2.24, 2.45) is 0 Å². The standard InChI is InChI=1S/C15H11ClN4O4S/c16-9-1-4-14-18-10(8-20(14)7-9)6-17-25(22,23)11-2-3-12-13(5-11)24-15(21)19-12/h1-5,7-8,17H,6H2,(H,19,21). The Morgan fingerprint density at radius 2 is 2.08 bits per heavy atom. The van der Waals surface area contributed by atoms with E-state index < -0.39 is 15.8 Å². The maximum Gasteiger partial charge on any atom is 0.417 e. The second-order valence-corrected chi connectivity index (χ2v) is 7.55. The van der Waals surface area contributed by atoms with Crippen LogP contribution in [0.25, 0.3) is 16.7 Å². The van der Waals surface area contributed by atoms with Crippen LogP contribution < -0.4 is 10.5 Å². The minimum absolute atomic E-state index is 0.00504. The summed E-state index contributed by atoms with van der Waals surface area (Å²) in [5.74, 6) is -0.638. The fourth-order valence-corrected chi connectivity index (χ4v) is 3.63. The highest BCUT2D eigenvalue weighted by molar-refractivity contribution is 7.89. The lowest BCUT2D eigenvalue weighted by Gasteiger charge is -2.04. The number of pyridine rings is 1. The Labute approximate surface area is 146 Å². The SMILES string of the molecule is O=c1[nH]c2ccc(S(=O)(=O)NCc3cn4cc(Cl)ccc4n3)cc2o1. The van der Waals surface area contributed by atoms with Crippen LogP contribution in [0.1, 0.15) is 5.69 Å². The van der Waals surface area contributed by atoms with Gasteiger partial charge in [0.1, 0.15) is 5.65 Å². The summed E-state index contributed by atoms with van der Waals surface area (Å²) >= 11 is 5.91. The number of hydrogen-bond acceptors (Lipinski definition) is 5. The average Bonchev–Trinajstić information content (AvgIpc) is 3.13. The number of aromatic nitrogens is 3. The van der Waals surface area contributed by atoms with E-state index in [0.717, 1.165) is 0 Å². The molecule has 0 aliphatic carbocycles. The van der Waals surface area contributed by atoms with E-state index in [9.17, 15) is 13.2 Å². The number of halogens is 1. The lowest BCUT2D eigenvalue weighted by molar-refractivity contribution is 0.553. The zero-order chi connectivity index (χ0) is 17.6. The number of oxazole rings is 1. The molecular formula is C15H11ClN4O4S. The highest BCUT2D eigenvalue weighted by Crippen LogP contribution is 2.17. The first-order valence-electron chi connectivity index (χ1n) is 7.16. The third kappa shape index (κ3) is 3.04. The maximum absolute atomic E-state index is 12.4. The summed E-state index contributed by atoms with van der Waals surface area (Å²) in [5.41, 5.74) is 1.81. The molecule has 3 heterocycles. The third-order valence-corrected chi connectivity index (χ3v) is 5.23. The summed E-state index contributed by atoms with van der Waals surface area (Å²) in [4.78, 5) is 17.9. The number of benzene rings is 1. The Bertz CT molecular complexity index is 1260. The fraction of sp³-hybridized carbons (Fsp3) is 0.0667. The van der Waals surface area contributed by atoms with E-state index in [0.29, 0.717) is 21.9 Å². The Morgan fingerprint density at radius 1 is 1.24 bits per heavy atom. The second-order valence-electron chi connectivity index (χ2n) is 5.34. The van der Waals surface area contributed by atoms with Gasteiger partial charge in [-0.05, 0) is 24.3 Å². The molecule has 4 rings (SSSR count). The van der Waals surface area contributed by atoms with Crippen molar-refractivity contribution < 1.29 is 12.8 Å². The van der Waals surface area contributed by atoms with Crippen LogP contribution in [0.5, 0.6) is 0 Å². The normalized spacial score (nSPS) is 12.2. The van der Waals surface area contributed by atoms with Crippen molar-refractivity contribution >= 4 is 38.4 Å². The van der Waals surface area contributed by atoms with Gasteiger partial charge in [0.15, 0.2) is 5.58 Å². The van der Waals surface area contributed by atoms with Gasteiger partial charge in [-0.1, -0.05) is 11.6 Å². The van der Waals surface area contributed by atoms with Crippen LogP contribution in [0, 0.1) is 0 Å². The van der Waals surface area contributed by atoms with E-state index in [4.69, 9.17) is 16.0 Å². The fourth-order valence-electron chi connectivity index (χ4n) is 2.45. The number of aromatic amines is 1. The van der Waals surface area contributed by atoms with Crippen LogP contribution in [0.3, 0.4) is 0 Å². The summed E-state index contributed by atoms with van der Waals surface area (Å²) < 4.78 is 33.9. The van der Waals surface area contributed by atoms with Crippen molar-refractivity contribution in [1.82, 2.24) is 19.1 Å². The molecule has 4 aromatic rings. The molecule has 0 aliphatic heterocycles. The highest BCUT2D eigenvalue weighted by atomic mass is 35.5. The monoisotopic (exact) mass is 378 g/mol. The van der Waals surface area contributed by atoms with Crippen LogP contribution >= 0.6 is 11.6 Å². The van der Waals surface area contributed by atoms with Crippen molar-refractivity contribution in [3.63, 3.8) is 0 Å². The van der Waals surface area contributed by atoms with E-state index in [-0.39, 0.29) is 17.0 Å². The Morgan fingerprint density at radius 3 is 2.92 bits per heavy atom. The number of H-pyrrole nitrogens is 1. The van der Waals surface area contributed by atoms with Crippen LogP contribution in [0.15, 0.2) is 56.8 Å². The van der Waals surface area contributed by atoms with Crippen molar-refractivity contribution in [1.29, 1.82) is 0 Å². The molecule has 0 unspecified atom stereocenters. The first-order valence-corrected chi connectivity index (χ1v) is 9.02. The van der Waals surface area contributed by atoms with Gasteiger partial charge >= 0.3 is 5.76 Å². The molecule has 0 atom stereocenters. The Hall–Kier alpha value is -2.62. The van der Waals surface area contributed by atoms with E-state index in [1.165, 1.54) is 18.2 Å². The molecule has 2 N–H and O–H groups in total. The van der Waals surface area contributed by atoms with E-state index in [1.54, 1.807) is 28.9 Å². The molecular weight excluding hydrogens is 368 g/mol. The molecule has 0 saturated carbocycles. The number of sulfonamides is 1. The quantitative estimate of drug-likeness (QED) is 0.563. The molecule has 0 radical (unpaired) electrons. The van der Waals surface area contributed by atoms with Gasteiger partial charge in [-0.15, -0.1) is 0 Å². The highest BCUT2D eigenvalue weighted by Gasteiger charge is 2.16. The summed E-state index contributed by atoms with van der Waals surface area (Å²) in [5, 5.41) is 0.554. The number of nitrogens with one attached hydrogen (secondary N) is 2. The minimum atomic E-state index is -3.79. The first-order chi connectivity index (χ1) is 11.9. The largest absolute Gasteiger partial charge is 0.417 e. The van der Waals surface area contributed by atoms with Crippen LogP contribution in [0.2, 0.25) is 5.02 Å². The zero-order valence-electron chi connectivity index (χ0n) is 12.6. The smallest absolute Gasteiger partial charge is 0.408 e. The molecule has 0 spiro atoms. The number of fused-ring (bicyclic) bond motifs is 2. The predicted molar refractivity (Wildman–Crippen MR) is 91.1 cm³/mol. The second kappa shape index (κ2) is 5.73. The lowest BCUT2D eigenvalue weighted by Crippen LogP contribution is -2.23. The number of nitrogens with zero attached hydrogens (tertiary/aromatic N) is 2. The van der Waals surface area contributed by atoms with Crippen molar-refractivity contribution in [2.75, 3.05) is 0 Å². The molecule has 0 aliphatic rings. The van der Waals surface area contributed by atoms with E-state index in [2.05, 4.69) is 14.7 Å². The first kappa shape index (κ1) is 15.9. The Kier molecular flexibility index (Phi) is 3.64. The van der Waals surface area contributed by atoms with E-state index in [1.807, 2.05) is 0 Å².